The maximum absolute atomic E-state index is 13.5. The molecule has 0 radical (unpaired) electrons. The Hall–Kier alpha value is -0.900. The van der Waals surface area contributed by atoms with Crippen LogP contribution in [-0.2, 0) is 6.42 Å². The summed E-state index contributed by atoms with van der Waals surface area (Å²) in [7, 11) is 0. The van der Waals surface area contributed by atoms with Crippen LogP contribution in [0.15, 0.2) is 46.9 Å². The molecule has 2 aromatic carbocycles. The number of hydrogen-bond acceptors (Lipinski definition) is 1. The fourth-order valence-corrected chi connectivity index (χ4v) is 2.64. The van der Waals surface area contributed by atoms with E-state index in [9.17, 15) is 9.50 Å². The van der Waals surface area contributed by atoms with Gasteiger partial charge in [0.2, 0.25) is 0 Å². The zero-order valence-electron chi connectivity index (χ0n) is 10.1. The molecule has 0 aliphatic heterocycles. The minimum absolute atomic E-state index is 0.0106. The van der Waals surface area contributed by atoms with Gasteiger partial charge in [0.25, 0.3) is 0 Å². The Labute approximate surface area is 125 Å². The van der Waals surface area contributed by atoms with Crippen molar-refractivity contribution in [2.75, 3.05) is 6.61 Å². The van der Waals surface area contributed by atoms with Crippen LogP contribution in [0.3, 0.4) is 0 Å². The van der Waals surface area contributed by atoms with Gasteiger partial charge in [-0.1, -0.05) is 35.9 Å². The smallest absolute Gasteiger partial charge is 0.137 e. The molecule has 0 saturated carbocycles. The van der Waals surface area contributed by atoms with Gasteiger partial charge < -0.3 is 5.11 Å². The maximum atomic E-state index is 13.5. The Morgan fingerprint density at radius 1 is 1.21 bits per heavy atom. The van der Waals surface area contributed by atoms with Gasteiger partial charge in [-0.3, -0.25) is 0 Å². The molecule has 2 rings (SSSR count). The third kappa shape index (κ3) is 3.56. The van der Waals surface area contributed by atoms with Crippen molar-refractivity contribution in [2.24, 2.45) is 0 Å². The first kappa shape index (κ1) is 14.5. The number of halogens is 3. The zero-order valence-corrected chi connectivity index (χ0v) is 12.5. The summed E-state index contributed by atoms with van der Waals surface area (Å²) in [6.07, 6.45) is 0.551. The lowest BCUT2D eigenvalue weighted by Crippen LogP contribution is -2.08. The molecule has 0 heterocycles. The molecule has 0 bridgehead atoms. The summed E-state index contributed by atoms with van der Waals surface area (Å²) < 4.78 is 13.9. The second-order valence-corrected chi connectivity index (χ2v) is 5.58. The highest BCUT2D eigenvalue weighted by Gasteiger charge is 2.15. The van der Waals surface area contributed by atoms with Crippen molar-refractivity contribution >= 4 is 27.5 Å². The van der Waals surface area contributed by atoms with Gasteiger partial charge >= 0.3 is 0 Å². The molecule has 1 nitrogen and oxygen atoms in total. The third-order valence-electron chi connectivity index (χ3n) is 3.04. The van der Waals surface area contributed by atoms with Crippen molar-refractivity contribution in [1.82, 2.24) is 0 Å². The summed E-state index contributed by atoms with van der Waals surface area (Å²) in [6, 6.07) is 12.3. The molecule has 0 aromatic heterocycles. The molecule has 1 unspecified atom stereocenters. The predicted octanol–water partition coefficient (Wildman–Crippen LogP) is 4.56. The zero-order chi connectivity index (χ0) is 13.8. The summed E-state index contributed by atoms with van der Waals surface area (Å²) in [5.41, 5.74) is 1.78. The summed E-state index contributed by atoms with van der Waals surface area (Å²) in [4.78, 5) is 0. The van der Waals surface area contributed by atoms with Gasteiger partial charge in [0.15, 0.2) is 0 Å². The van der Waals surface area contributed by atoms with E-state index >= 15 is 0 Å². The van der Waals surface area contributed by atoms with E-state index in [1.54, 1.807) is 12.1 Å². The van der Waals surface area contributed by atoms with E-state index in [0.717, 1.165) is 11.1 Å². The molecule has 1 N–H and O–H groups in total. The highest BCUT2D eigenvalue weighted by atomic mass is 79.9. The number of aliphatic hydroxyl groups is 1. The SMILES string of the molecule is OCC(Cc1cccc(F)c1Br)c1cccc(Cl)c1. The van der Waals surface area contributed by atoms with E-state index < -0.39 is 0 Å². The van der Waals surface area contributed by atoms with Crippen molar-refractivity contribution in [2.45, 2.75) is 12.3 Å². The molecule has 2 aromatic rings. The fourth-order valence-electron chi connectivity index (χ4n) is 2.02. The molecular formula is C15H13BrClFO. The topological polar surface area (TPSA) is 20.2 Å². The molecule has 4 heteroatoms. The summed E-state index contributed by atoms with van der Waals surface area (Å²) in [5.74, 6) is -0.392. The van der Waals surface area contributed by atoms with Crippen LogP contribution in [-0.4, -0.2) is 11.7 Å². The highest BCUT2D eigenvalue weighted by molar-refractivity contribution is 9.10. The number of hydrogen-bond donors (Lipinski definition) is 1. The molecule has 0 spiro atoms. The van der Waals surface area contributed by atoms with Gasteiger partial charge in [-0.2, -0.15) is 0 Å². The lowest BCUT2D eigenvalue weighted by Gasteiger charge is -2.16. The predicted molar refractivity (Wildman–Crippen MR) is 79.1 cm³/mol. The molecule has 19 heavy (non-hydrogen) atoms. The van der Waals surface area contributed by atoms with Crippen molar-refractivity contribution < 1.29 is 9.50 Å². The first-order chi connectivity index (χ1) is 9.11. The van der Waals surface area contributed by atoms with Crippen molar-refractivity contribution in [3.8, 4) is 0 Å². The largest absolute Gasteiger partial charge is 0.396 e. The Morgan fingerprint density at radius 3 is 2.63 bits per heavy atom. The first-order valence-corrected chi connectivity index (χ1v) is 7.08. The molecule has 0 fully saturated rings. The van der Waals surface area contributed by atoms with Crippen LogP contribution in [0, 0.1) is 5.82 Å². The van der Waals surface area contributed by atoms with Gasteiger partial charge in [-0.15, -0.1) is 0 Å². The Balaban J connectivity index is 2.26. The standard InChI is InChI=1S/C15H13BrClFO/c16-15-11(4-2-6-14(15)18)7-12(9-19)10-3-1-5-13(17)8-10/h1-6,8,12,19H,7,9H2. The molecule has 0 saturated heterocycles. The third-order valence-corrected chi connectivity index (χ3v) is 4.16. The van der Waals surface area contributed by atoms with Gasteiger partial charge in [-0.25, -0.2) is 4.39 Å². The fraction of sp³-hybridized carbons (Fsp3) is 0.200. The number of benzene rings is 2. The van der Waals surface area contributed by atoms with Crippen LogP contribution >= 0.6 is 27.5 Å². The molecule has 0 aliphatic rings. The number of rotatable bonds is 4. The molecular weight excluding hydrogens is 331 g/mol. The average molecular weight is 344 g/mol. The maximum Gasteiger partial charge on any atom is 0.137 e. The van der Waals surface area contributed by atoms with E-state index in [0.29, 0.717) is 15.9 Å². The molecule has 0 aliphatic carbocycles. The lowest BCUT2D eigenvalue weighted by atomic mass is 9.93. The van der Waals surface area contributed by atoms with Crippen LogP contribution in [0.25, 0.3) is 0 Å². The Kier molecular flexibility index (Phi) is 4.97. The van der Waals surface area contributed by atoms with Gasteiger partial charge in [-0.05, 0) is 51.7 Å². The van der Waals surface area contributed by atoms with Crippen molar-refractivity contribution in [3.63, 3.8) is 0 Å². The minimum Gasteiger partial charge on any atom is -0.396 e. The van der Waals surface area contributed by atoms with E-state index in [-0.39, 0.29) is 18.3 Å². The summed E-state index contributed by atoms with van der Waals surface area (Å²) >= 11 is 9.20. The van der Waals surface area contributed by atoms with Crippen molar-refractivity contribution in [3.05, 3.63) is 68.9 Å². The molecule has 1 atom stereocenters. The molecule has 0 amide bonds. The van der Waals surface area contributed by atoms with E-state index in [1.165, 1.54) is 6.07 Å². The normalized spacial score (nSPS) is 12.4. The monoisotopic (exact) mass is 342 g/mol. The molecule has 100 valence electrons. The van der Waals surface area contributed by atoms with E-state index in [4.69, 9.17) is 11.6 Å². The van der Waals surface area contributed by atoms with Crippen LogP contribution in [0.5, 0.6) is 0 Å². The van der Waals surface area contributed by atoms with Gasteiger partial charge in [0.05, 0.1) is 11.1 Å². The Morgan fingerprint density at radius 2 is 1.95 bits per heavy atom. The van der Waals surface area contributed by atoms with Crippen LogP contribution < -0.4 is 0 Å². The summed E-state index contributed by atoms with van der Waals surface area (Å²) in [6.45, 7) is -0.0106. The second kappa shape index (κ2) is 6.51. The second-order valence-electron chi connectivity index (χ2n) is 4.35. The van der Waals surface area contributed by atoms with Crippen LogP contribution in [0.2, 0.25) is 5.02 Å². The van der Waals surface area contributed by atoms with Crippen LogP contribution in [0.1, 0.15) is 17.0 Å². The lowest BCUT2D eigenvalue weighted by molar-refractivity contribution is 0.264. The number of aliphatic hydroxyl groups excluding tert-OH is 1. The van der Waals surface area contributed by atoms with Crippen LogP contribution in [0.4, 0.5) is 4.39 Å². The van der Waals surface area contributed by atoms with E-state index in [2.05, 4.69) is 15.9 Å². The quantitative estimate of drug-likeness (QED) is 0.863. The Bertz CT molecular complexity index is 574. The minimum atomic E-state index is -0.291. The first-order valence-electron chi connectivity index (χ1n) is 5.91. The highest BCUT2D eigenvalue weighted by Crippen LogP contribution is 2.28. The summed E-state index contributed by atoms with van der Waals surface area (Å²) in [5, 5.41) is 10.2. The van der Waals surface area contributed by atoms with E-state index in [1.807, 2.05) is 24.3 Å². The van der Waals surface area contributed by atoms with Gasteiger partial charge in [0.1, 0.15) is 5.82 Å². The van der Waals surface area contributed by atoms with Gasteiger partial charge in [0, 0.05) is 10.9 Å². The van der Waals surface area contributed by atoms with Crippen molar-refractivity contribution in [1.29, 1.82) is 0 Å². The average Bonchev–Trinajstić information content (AvgIpc) is 2.40.